The monoisotopic (exact) mass is 520 g/mol. The average molecular weight is 520 g/mol. The average Bonchev–Trinajstić information content (AvgIpc) is 3.42. The van der Waals surface area contributed by atoms with Crippen molar-refractivity contribution in [2.24, 2.45) is 13.0 Å². The molecule has 196 valence electrons. The third-order valence-corrected chi connectivity index (χ3v) is 6.24. The number of carbonyl (C=O) groups is 1. The number of aromatic nitrogens is 5. The second kappa shape index (κ2) is 10.2. The van der Waals surface area contributed by atoms with Crippen LogP contribution in [-0.2, 0) is 19.8 Å². The summed E-state index contributed by atoms with van der Waals surface area (Å²) < 4.78 is 62.6. The minimum Gasteiger partial charge on any atom is -0.424 e. The fraction of sp³-hybridized carbons (Fsp3) is 0.478. The van der Waals surface area contributed by atoms with Crippen molar-refractivity contribution in [3.8, 4) is 17.5 Å². The number of carbonyl (C=O) groups excluding carboxylic acids is 1. The lowest BCUT2D eigenvalue weighted by Crippen LogP contribution is -2.44. The van der Waals surface area contributed by atoms with Gasteiger partial charge in [-0.3, -0.25) is 0 Å². The molecule has 1 aliphatic rings. The van der Waals surface area contributed by atoms with Crippen molar-refractivity contribution in [1.29, 1.82) is 5.26 Å². The highest BCUT2D eigenvalue weighted by molar-refractivity contribution is 5.90. The molecular formula is C23H24F4N8O2. The molecule has 3 aromatic rings. The number of benzene rings is 1. The van der Waals surface area contributed by atoms with Crippen LogP contribution in [0.25, 0.3) is 11.4 Å². The van der Waals surface area contributed by atoms with Crippen LogP contribution in [-0.4, -0.2) is 41.9 Å². The number of nitrogens with one attached hydrogen (secondary N) is 1. The number of halogens is 4. The molecule has 0 bridgehead atoms. The van der Waals surface area contributed by atoms with Crippen molar-refractivity contribution in [3.63, 3.8) is 0 Å². The van der Waals surface area contributed by atoms with Crippen molar-refractivity contribution >= 4 is 11.7 Å². The van der Waals surface area contributed by atoms with Crippen LogP contribution in [0.5, 0.6) is 0 Å². The molecule has 14 heteroatoms. The summed E-state index contributed by atoms with van der Waals surface area (Å²) in [6.07, 6.45) is -1.67. The van der Waals surface area contributed by atoms with Gasteiger partial charge in [0, 0.05) is 25.6 Å². The zero-order valence-corrected chi connectivity index (χ0v) is 20.3. The normalized spacial score (nSPS) is 17.9. The molecule has 0 aliphatic heterocycles. The SMILES string of the molecule is Cc1nnc(CN(C(=O)Nc2cc(-c3nc(C#N)n(C)n3)c(C(F)(F)F)cc2F)C2CCC[C@H](C)C2)o1. The van der Waals surface area contributed by atoms with Gasteiger partial charge in [0.15, 0.2) is 5.82 Å². The summed E-state index contributed by atoms with van der Waals surface area (Å²) >= 11 is 0. The predicted octanol–water partition coefficient (Wildman–Crippen LogP) is 4.82. The number of amides is 2. The minimum absolute atomic E-state index is 0.0491. The quantitative estimate of drug-likeness (QED) is 0.478. The summed E-state index contributed by atoms with van der Waals surface area (Å²) in [6.45, 7) is 3.62. The third-order valence-electron chi connectivity index (χ3n) is 6.24. The summed E-state index contributed by atoms with van der Waals surface area (Å²) in [5.41, 5.74) is -2.40. The highest BCUT2D eigenvalue weighted by Crippen LogP contribution is 2.39. The largest absolute Gasteiger partial charge is 0.424 e. The van der Waals surface area contributed by atoms with Crippen LogP contribution in [0.3, 0.4) is 0 Å². The molecule has 1 saturated carbocycles. The lowest BCUT2D eigenvalue weighted by molar-refractivity contribution is -0.137. The Morgan fingerprint density at radius 2 is 2.08 bits per heavy atom. The molecule has 1 aromatic carbocycles. The lowest BCUT2D eigenvalue weighted by Gasteiger charge is -2.36. The Labute approximate surface area is 209 Å². The van der Waals surface area contributed by atoms with E-state index in [0.717, 1.165) is 23.6 Å². The molecule has 1 N–H and O–H groups in total. The van der Waals surface area contributed by atoms with Gasteiger partial charge in [0.2, 0.25) is 17.6 Å². The van der Waals surface area contributed by atoms with Crippen LogP contribution >= 0.6 is 0 Å². The Bertz CT molecular complexity index is 1340. The summed E-state index contributed by atoms with van der Waals surface area (Å²) in [6, 6.07) is 1.87. The molecule has 0 radical (unpaired) electrons. The first-order valence-electron chi connectivity index (χ1n) is 11.5. The Balaban J connectivity index is 1.70. The maximum atomic E-state index is 14.9. The molecule has 1 unspecified atom stereocenters. The topological polar surface area (TPSA) is 126 Å². The van der Waals surface area contributed by atoms with Crippen LogP contribution < -0.4 is 5.32 Å². The smallest absolute Gasteiger partial charge is 0.417 e. The number of aryl methyl sites for hydroxylation is 2. The van der Waals surface area contributed by atoms with Gasteiger partial charge < -0.3 is 14.6 Å². The fourth-order valence-electron chi connectivity index (χ4n) is 4.47. The van der Waals surface area contributed by atoms with Crippen molar-refractivity contribution in [1.82, 2.24) is 29.9 Å². The molecule has 2 atom stereocenters. The summed E-state index contributed by atoms with van der Waals surface area (Å²) in [4.78, 5) is 18.6. The molecule has 2 amide bonds. The molecule has 10 nitrogen and oxygen atoms in total. The number of urea groups is 1. The van der Waals surface area contributed by atoms with Crippen molar-refractivity contribution < 1.29 is 26.8 Å². The van der Waals surface area contributed by atoms with Gasteiger partial charge in [0.05, 0.1) is 11.3 Å². The number of nitriles is 1. The van der Waals surface area contributed by atoms with Gasteiger partial charge in [0.1, 0.15) is 18.4 Å². The number of rotatable bonds is 5. The van der Waals surface area contributed by atoms with Gasteiger partial charge in [0.25, 0.3) is 0 Å². The van der Waals surface area contributed by atoms with Crippen molar-refractivity contribution in [2.75, 3.05) is 5.32 Å². The Hall–Kier alpha value is -4.02. The number of hydrogen-bond acceptors (Lipinski definition) is 7. The maximum absolute atomic E-state index is 14.9. The van der Waals surface area contributed by atoms with E-state index in [4.69, 9.17) is 9.68 Å². The minimum atomic E-state index is -4.94. The van der Waals surface area contributed by atoms with E-state index in [2.05, 4.69) is 32.5 Å². The van der Waals surface area contributed by atoms with E-state index in [1.54, 1.807) is 13.0 Å². The number of alkyl halides is 3. The standard InChI is InChI=1S/C23H24F4N8O2/c1-12-5-4-6-14(7-12)35(11-20-32-31-13(2)37-20)22(36)29-18-8-15(16(9-17(18)24)23(25,26)27)21-30-19(10-28)34(3)33-21/h8-9,12,14H,4-7,11H2,1-3H3,(H,29,36)/t12-,14?/m0/s1. The highest BCUT2D eigenvalue weighted by Gasteiger charge is 2.37. The molecule has 1 fully saturated rings. The first kappa shape index (κ1) is 26.1. The third kappa shape index (κ3) is 5.71. The predicted molar refractivity (Wildman–Crippen MR) is 121 cm³/mol. The van der Waals surface area contributed by atoms with Gasteiger partial charge in [-0.1, -0.05) is 19.8 Å². The zero-order valence-electron chi connectivity index (χ0n) is 20.3. The van der Waals surface area contributed by atoms with Gasteiger partial charge in [-0.15, -0.1) is 10.2 Å². The molecule has 4 rings (SSSR count). The first-order chi connectivity index (χ1) is 17.5. The second-order valence-electron chi connectivity index (χ2n) is 9.07. The van der Waals surface area contributed by atoms with E-state index in [1.807, 2.05) is 0 Å². The van der Waals surface area contributed by atoms with Gasteiger partial charge in [-0.05, 0) is 30.9 Å². The number of hydrogen-bond donors (Lipinski definition) is 1. The number of anilines is 1. The van der Waals surface area contributed by atoms with Crippen molar-refractivity contribution in [3.05, 3.63) is 41.1 Å². The Morgan fingerprint density at radius 1 is 1.32 bits per heavy atom. The molecule has 0 spiro atoms. The van der Waals surface area contributed by atoms with Crippen LogP contribution in [0.1, 0.15) is 55.8 Å². The van der Waals surface area contributed by atoms with E-state index in [0.29, 0.717) is 24.7 Å². The molecule has 0 saturated heterocycles. The molecular weight excluding hydrogens is 496 g/mol. The van der Waals surface area contributed by atoms with E-state index < -0.39 is 40.7 Å². The summed E-state index contributed by atoms with van der Waals surface area (Å²) in [7, 11) is 1.34. The Morgan fingerprint density at radius 3 is 2.68 bits per heavy atom. The van der Waals surface area contributed by atoms with Crippen LogP contribution in [0.4, 0.5) is 28.0 Å². The molecule has 2 heterocycles. The summed E-state index contributed by atoms with van der Waals surface area (Å²) in [5, 5.41) is 23.1. The Kier molecular flexibility index (Phi) is 7.15. The fourth-order valence-corrected chi connectivity index (χ4v) is 4.47. The van der Waals surface area contributed by atoms with E-state index >= 15 is 0 Å². The molecule has 2 aromatic heterocycles. The zero-order chi connectivity index (χ0) is 26.9. The first-order valence-corrected chi connectivity index (χ1v) is 11.5. The van der Waals surface area contributed by atoms with E-state index in [1.165, 1.54) is 11.9 Å². The number of nitrogens with zero attached hydrogens (tertiary/aromatic N) is 7. The van der Waals surface area contributed by atoms with Gasteiger partial charge in [-0.2, -0.15) is 28.5 Å². The van der Waals surface area contributed by atoms with Crippen molar-refractivity contribution in [2.45, 2.75) is 58.3 Å². The second-order valence-corrected chi connectivity index (χ2v) is 9.07. The highest BCUT2D eigenvalue weighted by atomic mass is 19.4. The van der Waals surface area contributed by atoms with Crippen LogP contribution in [0.15, 0.2) is 16.5 Å². The van der Waals surface area contributed by atoms with Crippen LogP contribution in [0, 0.1) is 30.0 Å². The molecule has 1 aliphatic carbocycles. The summed E-state index contributed by atoms with van der Waals surface area (Å²) in [5.74, 6) is -1.11. The van der Waals surface area contributed by atoms with Gasteiger partial charge >= 0.3 is 12.2 Å². The maximum Gasteiger partial charge on any atom is 0.417 e. The molecule has 37 heavy (non-hydrogen) atoms. The van der Waals surface area contributed by atoms with Crippen LogP contribution in [0.2, 0.25) is 0 Å². The van der Waals surface area contributed by atoms with E-state index in [-0.39, 0.29) is 30.4 Å². The van der Waals surface area contributed by atoms with E-state index in [9.17, 15) is 22.4 Å². The lowest BCUT2D eigenvalue weighted by atomic mass is 9.86. The van der Waals surface area contributed by atoms with Gasteiger partial charge in [-0.25, -0.2) is 13.9 Å².